The predicted molar refractivity (Wildman–Crippen MR) is 117 cm³/mol. The minimum atomic E-state index is -0.861. The van der Waals surface area contributed by atoms with Gasteiger partial charge in [-0.3, -0.25) is 9.36 Å². The second kappa shape index (κ2) is 8.37. The van der Waals surface area contributed by atoms with E-state index < -0.39 is 11.2 Å². The number of para-hydroxylation sites is 1. The summed E-state index contributed by atoms with van der Waals surface area (Å²) < 4.78 is 2.06. The molecule has 0 spiro atoms. The molecular weight excluding hydrogens is 380 g/mol. The lowest BCUT2D eigenvalue weighted by Gasteiger charge is -2.14. The van der Waals surface area contributed by atoms with Gasteiger partial charge < -0.3 is 5.11 Å². The molecule has 0 aliphatic heterocycles. The number of carboxylic acid groups (broad SMARTS) is 1. The summed E-state index contributed by atoms with van der Waals surface area (Å²) >= 11 is 1.25. The highest BCUT2D eigenvalue weighted by atomic mass is 32.2. The normalized spacial score (nSPS) is 11.9. The summed E-state index contributed by atoms with van der Waals surface area (Å²) in [4.78, 5) is 16.4. The lowest BCUT2D eigenvalue weighted by molar-refractivity contribution is -0.136. The standard InChI is InChI=1S/C24H20N2O2S/c1-17(23(27)28)29-24-25-21(18-11-5-2-6-12-18)22(19-13-7-3-8-14-19)26(24)20-15-9-4-10-16-20/h2-17H,1H3,(H,27,28)/t17-/m0/s1. The number of benzene rings is 3. The molecule has 0 amide bonds. The van der Waals surface area contributed by atoms with Crippen LogP contribution in [0.15, 0.2) is 96.2 Å². The monoisotopic (exact) mass is 400 g/mol. The second-order valence-corrected chi connectivity index (χ2v) is 7.90. The fourth-order valence-electron chi connectivity index (χ4n) is 3.16. The minimum Gasteiger partial charge on any atom is -0.480 e. The van der Waals surface area contributed by atoms with E-state index in [4.69, 9.17) is 4.98 Å². The Kier molecular flexibility index (Phi) is 5.49. The quantitative estimate of drug-likeness (QED) is 0.417. The molecular formula is C24H20N2O2S. The summed E-state index contributed by atoms with van der Waals surface area (Å²) in [7, 11) is 0. The van der Waals surface area contributed by atoms with E-state index in [2.05, 4.69) is 16.7 Å². The number of nitrogens with zero attached hydrogens (tertiary/aromatic N) is 2. The van der Waals surface area contributed by atoms with Gasteiger partial charge in [-0.2, -0.15) is 0 Å². The molecule has 4 aromatic rings. The number of hydrogen-bond donors (Lipinski definition) is 1. The Balaban J connectivity index is 2.01. The van der Waals surface area contributed by atoms with Crippen LogP contribution in [0.3, 0.4) is 0 Å². The van der Waals surface area contributed by atoms with Crippen LogP contribution < -0.4 is 0 Å². The van der Waals surface area contributed by atoms with Crippen molar-refractivity contribution in [3.8, 4) is 28.2 Å². The minimum absolute atomic E-state index is 0.618. The number of carboxylic acids is 1. The first-order chi connectivity index (χ1) is 14.1. The zero-order chi connectivity index (χ0) is 20.2. The van der Waals surface area contributed by atoms with Crippen molar-refractivity contribution in [2.75, 3.05) is 0 Å². The third-order valence-electron chi connectivity index (χ3n) is 4.59. The predicted octanol–water partition coefficient (Wildman–Crippen LogP) is 5.77. The van der Waals surface area contributed by atoms with Gasteiger partial charge in [-0.05, 0) is 19.1 Å². The molecule has 3 aromatic carbocycles. The van der Waals surface area contributed by atoms with E-state index in [1.165, 1.54) is 11.8 Å². The molecule has 0 saturated carbocycles. The summed E-state index contributed by atoms with van der Waals surface area (Å²) in [5, 5.41) is 9.49. The van der Waals surface area contributed by atoms with Gasteiger partial charge in [0.15, 0.2) is 5.16 Å². The summed E-state index contributed by atoms with van der Waals surface area (Å²) in [5.41, 5.74) is 4.74. The van der Waals surface area contributed by atoms with Crippen LogP contribution in [0.4, 0.5) is 0 Å². The van der Waals surface area contributed by atoms with E-state index in [9.17, 15) is 9.90 Å². The van der Waals surface area contributed by atoms with Crippen LogP contribution in [0.5, 0.6) is 0 Å². The van der Waals surface area contributed by atoms with Gasteiger partial charge in [0.05, 0.1) is 11.4 Å². The van der Waals surface area contributed by atoms with Crippen LogP contribution in [0.2, 0.25) is 0 Å². The van der Waals surface area contributed by atoms with Crippen molar-refractivity contribution in [1.29, 1.82) is 0 Å². The Bertz CT molecular complexity index is 1110. The van der Waals surface area contributed by atoms with Crippen LogP contribution in [0.25, 0.3) is 28.2 Å². The number of carbonyl (C=O) groups is 1. The summed E-state index contributed by atoms with van der Waals surface area (Å²) in [6, 6.07) is 30.0. The first-order valence-electron chi connectivity index (χ1n) is 9.33. The SMILES string of the molecule is C[C@H](Sc1nc(-c2ccccc2)c(-c2ccccc2)n1-c1ccccc1)C(=O)O. The van der Waals surface area contributed by atoms with Gasteiger partial charge >= 0.3 is 5.97 Å². The third-order valence-corrected chi connectivity index (χ3v) is 5.63. The number of imidazole rings is 1. The van der Waals surface area contributed by atoms with Crippen molar-refractivity contribution in [2.24, 2.45) is 0 Å². The van der Waals surface area contributed by atoms with Crippen molar-refractivity contribution in [3.05, 3.63) is 91.0 Å². The summed E-state index contributed by atoms with van der Waals surface area (Å²) in [6.07, 6.45) is 0. The lowest BCUT2D eigenvalue weighted by Crippen LogP contribution is -2.12. The maximum Gasteiger partial charge on any atom is 0.316 e. The average Bonchev–Trinajstić information content (AvgIpc) is 3.14. The average molecular weight is 401 g/mol. The molecule has 0 saturated heterocycles. The lowest BCUT2D eigenvalue weighted by atomic mass is 10.0. The molecule has 0 fully saturated rings. The van der Waals surface area contributed by atoms with Crippen LogP contribution in [-0.4, -0.2) is 25.9 Å². The molecule has 144 valence electrons. The van der Waals surface area contributed by atoms with Crippen molar-refractivity contribution in [3.63, 3.8) is 0 Å². The van der Waals surface area contributed by atoms with Gasteiger partial charge in [0.1, 0.15) is 5.25 Å². The molecule has 1 N–H and O–H groups in total. The van der Waals surface area contributed by atoms with E-state index in [1.54, 1.807) is 6.92 Å². The van der Waals surface area contributed by atoms with Crippen molar-refractivity contribution >= 4 is 17.7 Å². The van der Waals surface area contributed by atoms with E-state index in [0.717, 1.165) is 28.2 Å². The second-order valence-electron chi connectivity index (χ2n) is 6.59. The molecule has 1 atom stereocenters. The van der Waals surface area contributed by atoms with E-state index in [-0.39, 0.29) is 0 Å². The van der Waals surface area contributed by atoms with Gasteiger partial charge in [0, 0.05) is 16.8 Å². The first kappa shape index (κ1) is 19.0. The Hall–Kier alpha value is -3.31. The topological polar surface area (TPSA) is 55.1 Å². The Morgan fingerprint density at radius 2 is 1.38 bits per heavy atom. The van der Waals surface area contributed by atoms with E-state index in [0.29, 0.717) is 5.16 Å². The number of rotatable bonds is 6. The largest absolute Gasteiger partial charge is 0.480 e. The van der Waals surface area contributed by atoms with Gasteiger partial charge in [-0.15, -0.1) is 0 Å². The van der Waals surface area contributed by atoms with Gasteiger partial charge in [0.25, 0.3) is 0 Å². The number of hydrogen-bond acceptors (Lipinski definition) is 3. The Labute approximate surface area is 173 Å². The highest BCUT2D eigenvalue weighted by molar-refractivity contribution is 8.00. The molecule has 0 aliphatic rings. The fourth-order valence-corrected chi connectivity index (χ4v) is 4.03. The van der Waals surface area contributed by atoms with Gasteiger partial charge in [-0.25, -0.2) is 4.98 Å². The Morgan fingerprint density at radius 3 is 1.93 bits per heavy atom. The highest BCUT2D eigenvalue weighted by Gasteiger charge is 2.24. The van der Waals surface area contributed by atoms with Crippen molar-refractivity contribution in [1.82, 2.24) is 9.55 Å². The molecule has 0 bridgehead atoms. The first-order valence-corrected chi connectivity index (χ1v) is 10.2. The molecule has 1 heterocycles. The fraction of sp³-hybridized carbons (Fsp3) is 0.0833. The van der Waals surface area contributed by atoms with Crippen LogP contribution in [0, 0.1) is 0 Å². The van der Waals surface area contributed by atoms with E-state index in [1.807, 2.05) is 78.9 Å². The molecule has 29 heavy (non-hydrogen) atoms. The van der Waals surface area contributed by atoms with Gasteiger partial charge in [-0.1, -0.05) is 90.6 Å². The Morgan fingerprint density at radius 1 is 0.862 bits per heavy atom. The van der Waals surface area contributed by atoms with E-state index >= 15 is 0 Å². The van der Waals surface area contributed by atoms with Gasteiger partial charge in [0.2, 0.25) is 0 Å². The molecule has 0 unspecified atom stereocenters. The summed E-state index contributed by atoms with van der Waals surface area (Å²) in [5.74, 6) is -0.861. The maximum absolute atomic E-state index is 11.5. The number of thioether (sulfide) groups is 1. The van der Waals surface area contributed by atoms with Crippen molar-refractivity contribution in [2.45, 2.75) is 17.3 Å². The zero-order valence-electron chi connectivity index (χ0n) is 15.9. The zero-order valence-corrected chi connectivity index (χ0v) is 16.7. The molecule has 4 rings (SSSR count). The molecule has 0 aliphatic carbocycles. The number of aromatic nitrogens is 2. The molecule has 1 aromatic heterocycles. The molecule has 5 heteroatoms. The van der Waals surface area contributed by atoms with Crippen LogP contribution >= 0.6 is 11.8 Å². The molecule has 0 radical (unpaired) electrons. The highest BCUT2D eigenvalue weighted by Crippen LogP contribution is 2.39. The number of aliphatic carboxylic acids is 1. The molecule has 4 nitrogen and oxygen atoms in total. The third kappa shape index (κ3) is 3.96. The smallest absolute Gasteiger partial charge is 0.316 e. The maximum atomic E-state index is 11.5. The van der Waals surface area contributed by atoms with Crippen LogP contribution in [-0.2, 0) is 4.79 Å². The summed E-state index contributed by atoms with van der Waals surface area (Å²) in [6.45, 7) is 1.68. The van der Waals surface area contributed by atoms with Crippen LogP contribution in [0.1, 0.15) is 6.92 Å². The van der Waals surface area contributed by atoms with Crippen molar-refractivity contribution < 1.29 is 9.90 Å².